The normalized spacial score (nSPS) is 10.6. The average molecular weight is 294 g/mol. The van der Waals surface area contributed by atoms with E-state index in [9.17, 15) is 4.79 Å². The summed E-state index contributed by atoms with van der Waals surface area (Å²) >= 11 is 5.51. The second kappa shape index (κ2) is 6.47. The summed E-state index contributed by atoms with van der Waals surface area (Å²) in [5.74, 6) is 0.763. The highest BCUT2D eigenvalue weighted by molar-refractivity contribution is 6.18. The van der Waals surface area contributed by atoms with Crippen molar-refractivity contribution in [2.75, 3.05) is 5.88 Å². The fraction of sp³-hybridized carbons (Fsp3) is 0.385. The van der Waals surface area contributed by atoms with Gasteiger partial charge in [-0.15, -0.1) is 16.7 Å². The number of hydrogen-bond acceptors (Lipinski definition) is 4. The number of nitrogens with zero attached hydrogens (tertiary/aromatic N) is 4. The summed E-state index contributed by atoms with van der Waals surface area (Å²) in [5, 5.41) is 14.3. The Morgan fingerprint density at radius 2 is 2.15 bits per heavy atom. The molecule has 106 valence electrons. The van der Waals surface area contributed by atoms with Crippen molar-refractivity contribution in [3.8, 4) is 5.69 Å². The van der Waals surface area contributed by atoms with Crippen LogP contribution in [0.5, 0.6) is 0 Å². The number of amides is 1. The van der Waals surface area contributed by atoms with Gasteiger partial charge in [-0.2, -0.15) is 4.68 Å². The molecule has 2 aromatic rings. The topological polar surface area (TPSA) is 72.7 Å². The van der Waals surface area contributed by atoms with Gasteiger partial charge < -0.3 is 5.32 Å². The lowest BCUT2D eigenvalue weighted by molar-refractivity contribution is -0.120. The minimum atomic E-state index is -0.116. The van der Waals surface area contributed by atoms with E-state index in [2.05, 4.69) is 20.8 Å². The summed E-state index contributed by atoms with van der Waals surface area (Å²) in [6.45, 7) is 4.35. The molecule has 0 spiro atoms. The number of carbonyl (C=O) groups excluding carboxylic acids is 1. The monoisotopic (exact) mass is 293 g/mol. The van der Waals surface area contributed by atoms with Gasteiger partial charge in [0, 0.05) is 12.3 Å². The van der Waals surface area contributed by atoms with E-state index >= 15 is 0 Å². The molecule has 7 heteroatoms. The van der Waals surface area contributed by atoms with Crippen molar-refractivity contribution in [2.24, 2.45) is 0 Å². The van der Waals surface area contributed by atoms with E-state index in [1.807, 2.05) is 32.0 Å². The van der Waals surface area contributed by atoms with Crippen LogP contribution < -0.4 is 5.32 Å². The number of benzene rings is 1. The number of alkyl halides is 1. The quantitative estimate of drug-likeness (QED) is 0.849. The summed E-state index contributed by atoms with van der Waals surface area (Å²) in [4.78, 5) is 11.4. The maximum atomic E-state index is 11.4. The van der Waals surface area contributed by atoms with Crippen LogP contribution in [0.3, 0.4) is 0 Å². The molecule has 2 rings (SSSR count). The molecule has 6 nitrogen and oxygen atoms in total. The van der Waals surface area contributed by atoms with Crippen LogP contribution in [0.25, 0.3) is 5.69 Å². The standard InChI is InChI=1S/C13H16ClN5O/c1-9-3-4-11(7-10(9)2)19-12(16-17-18-19)8-15-13(20)5-6-14/h3-4,7H,5-6,8H2,1-2H3,(H,15,20). The molecule has 0 bridgehead atoms. The Morgan fingerprint density at radius 1 is 1.35 bits per heavy atom. The molecule has 0 radical (unpaired) electrons. The van der Waals surface area contributed by atoms with Crippen molar-refractivity contribution < 1.29 is 4.79 Å². The lowest BCUT2D eigenvalue weighted by Gasteiger charge is -2.08. The Balaban J connectivity index is 2.15. The first kappa shape index (κ1) is 14.5. The van der Waals surface area contributed by atoms with Crippen LogP contribution in [0.4, 0.5) is 0 Å². The summed E-state index contributed by atoms with van der Waals surface area (Å²) in [6, 6.07) is 5.97. The number of nitrogens with one attached hydrogen (secondary N) is 1. The van der Waals surface area contributed by atoms with Gasteiger partial charge in [-0.1, -0.05) is 6.07 Å². The van der Waals surface area contributed by atoms with Gasteiger partial charge in [0.05, 0.1) is 12.2 Å². The van der Waals surface area contributed by atoms with Gasteiger partial charge in [-0.05, 0) is 47.5 Å². The lowest BCUT2D eigenvalue weighted by atomic mass is 10.1. The molecule has 1 N–H and O–H groups in total. The second-order valence-corrected chi connectivity index (χ2v) is 4.87. The van der Waals surface area contributed by atoms with Crippen LogP contribution in [-0.4, -0.2) is 32.0 Å². The van der Waals surface area contributed by atoms with Crippen LogP contribution in [-0.2, 0) is 11.3 Å². The van der Waals surface area contributed by atoms with Gasteiger partial charge in [0.25, 0.3) is 0 Å². The van der Waals surface area contributed by atoms with Crippen LogP contribution in [0.1, 0.15) is 23.4 Å². The first-order chi connectivity index (χ1) is 9.61. The molecule has 0 atom stereocenters. The van der Waals surface area contributed by atoms with Crippen molar-refractivity contribution >= 4 is 17.5 Å². The number of carbonyl (C=O) groups is 1. The van der Waals surface area contributed by atoms with Crippen LogP contribution >= 0.6 is 11.6 Å². The zero-order chi connectivity index (χ0) is 14.5. The third kappa shape index (κ3) is 3.33. The molecule has 1 heterocycles. The minimum absolute atomic E-state index is 0.116. The third-order valence-electron chi connectivity index (χ3n) is 3.03. The van der Waals surface area contributed by atoms with Crippen molar-refractivity contribution in [1.82, 2.24) is 25.5 Å². The van der Waals surface area contributed by atoms with Crippen LogP contribution in [0.15, 0.2) is 18.2 Å². The Morgan fingerprint density at radius 3 is 2.85 bits per heavy atom. The predicted molar refractivity (Wildman–Crippen MR) is 75.8 cm³/mol. The van der Waals surface area contributed by atoms with Crippen molar-refractivity contribution in [3.05, 3.63) is 35.2 Å². The number of aryl methyl sites for hydroxylation is 2. The van der Waals surface area contributed by atoms with Gasteiger partial charge in [-0.3, -0.25) is 4.79 Å². The van der Waals surface area contributed by atoms with E-state index < -0.39 is 0 Å². The molecule has 20 heavy (non-hydrogen) atoms. The smallest absolute Gasteiger partial charge is 0.221 e. The molecule has 0 aliphatic heterocycles. The fourth-order valence-corrected chi connectivity index (χ4v) is 1.90. The number of rotatable bonds is 5. The van der Waals surface area contributed by atoms with E-state index in [-0.39, 0.29) is 18.9 Å². The molecular formula is C13H16ClN5O. The average Bonchev–Trinajstić information content (AvgIpc) is 2.88. The molecule has 0 unspecified atom stereocenters. The summed E-state index contributed by atoms with van der Waals surface area (Å²) in [6.07, 6.45) is 0.284. The van der Waals surface area contributed by atoms with Gasteiger partial charge in [-0.25, -0.2) is 0 Å². The SMILES string of the molecule is Cc1ccc(-n2nnnc2CNC(=O)CCCl)cc1C. The first-order valence-electron chi connectivity index (χ1n) is 6.29. The number of tetrazole rings is 1. The van der Waals surface area contributed by atoms with Gasteiger partial charge in [0.1, 0.15) is 0 Å². The molecule has 0 saturated heterocycles. The summed E-state index contributed by atoms with van der Waals surface area (Å²) in [5.41, 5.74) is 3.24. The molecular weight excluding hydrogens is 278 g/mol. The number of halogens is 1. The van der Waals surface area contributed by atoms with E-state index in [0.29, 0.717) is 11.7 Å². The minimum Gasteiger partial charge on any atom is -0.349 e. The zero-order valence-electron chi connectivity index (χ0n) is 11.4. The van der Waals surface area contributed by atoms with Crippen molar-refractivity contribution in [3.63, 3.8) is 0 Å². The molecule has 1 amide bonds. The summed E-state index contributed by atoms with van der Waals surface area (Å²) < 4.78 is 1.62. The maximum Gasteiger partial charge on any atom is 0.221 e. The highest BCUT2D eigenvalue weighted by atomic mass is 35.5. The molecule has 0 saturated carbocycles. The third-order valence-corrected chi connectivity index (χ3v) is 3.22. The first-order valence-corrected chi connectivity index (χ1v) is 6.83. The fourth-order valence-electron chi connectivity index (χ4n) is 1.73. The number of hydrogen-bond donors (Lipinski definition) is 1. The van der Waals surface area contributed by atoms with Crippen LogP contribution in [0, 0.1) is 13.8 Å². The second-order valence-electron chi connectivity index (χ2n) is 4.49. The molecule has 0 fully saturated rings. The Hall–Kier alpha value is -1.95. The van der Waals surface area contributed by atoms with Gasteiger partial charge in [0.15, 0.2) is 5.82 Å². The Kier molecular flexibility index (Phi) is 4.68. The Bertz CT molecular complexity index is 611. The predicted octanol–water partition coefficient (Wildman–Crippen LogP) is 1.52. The highest BCUT2D eigenvalue weighted by Gasteiger charge is 2.10. The Labute approximate surface area is 122 Å². The molecule has 1 aromatic heterocycles. The van der Waals surface area contributed by atoms with E-state index in [1.54, 1.807) is 4.68 Å². The van der Waals surface area contributed by atoms with Gasteiger partial charge >= 0.3 is 0 Å². The van der Waals surface area contributed by atoms with Crippen molar-refractivity contribution in [1.29, 1.82) is 0 Å². The molecule has 1 aromatic carbocycles. The highest BCUT2D eigenvalue weighted by Crippen LogP contribution is 2.13. The number of aromatic nitrogens is 4. The zero-order valence-corrected chi connectivity index (χ0v) is 12.2. The lowest BCUT2D eigenvalue weighted by Crippen LogP contribution is -2.24. The largest absolute Gasteiger partial charge is 0.349 e. The van der Waals surface area contributed by atoms with E-state index in [1.165, 1.54) is 5.56 Å². The van der Waals surface area contributed by atoms with Crippen LogP contribution in [0.2, 0.25) is 0 Å². The van der Waals surface area contributed by atoms with Crippen molar-refractivity contribution in [2.45, 2.75) is 26.8 Å². The summed E-state index contributed by atoms with van der Waals surface area (Å²) in [7, 11) is 0. The van der Waals surface area contributed by atoms with Gasteiger partial charge in [0.2, 0.25) is 5.91 Å². The molecule has 0 aliphatic carbocycles. The maximum absolute atomic E-state index is 11.4. The van der Waals surface area contributed by atoms with E-state index in [0.717, 1.165) is 11.3 Å². The van der Waals surface area contributed by atoms with E-state index in [4.69, 9.17) is 11.6 Å². The molecule has 0 aliphatic rings.